The molecule has 0 atom stereocenters. The van der Waals surface area contributed by atoms with Gasteiger partial charge in [-0.15, -0.1) is 0 Å². The molecule has 0 radical (unpaired) electrons. The van der Waals surface area contributed by atoms with E-state index in [-0.39, 0.29) is 11.1 Å². The molecule has 102 valence electrons. The molecular formula is C11H14ClFN6. The van der Waals surface area contributed by atoms with Crippen LogP contribution in [0.3, 0.4) is 0 Å². The van der Waals surface area contributed by atoms with Gasteiger partial charge in [0.25, 0.3) is 0 Å². The molecule has 1 aromatic rings. The van der Waals surface area contributed by atoms with Crippen molar-refractivity contribution in [3.63, 3.8) is 0 Å². The summed E-state index contributed by atoms with van der Waals surface area (Å²) in [5.41, 5.74) is 2.64. The van der Waals surface area contributed by atoms with Crippen LogP contribution in [0.1, 0.15) is 13.3 Å². The van der Waals surface area contributed by atoms with Gasteiger partial charge in [0.1, 0.15) is 12.2 Å². The summed E-state index contributed by atoms with van der Waals surface area (Å²) in [6, 6.07) is 0. The standard InChI is InChI=1S/C11H14ClFN6/c1-4-5-14-8(2)16-7-19(3)18-10-9(13)6-15-11(12)17-10/h5-7H,2,4H2,1,3H3,(H,15,17,18)/b14-5-,16-7-. The van der Waals surface area contributed by atoms with Gasteiger partial charge >= 0.3 is 0 Å². The van der Waals surface area contributed by atoms with Gasteiger partial charge in [0.15, 0.2) is 11.6 Å². The second kappa shape index (κ2) is 7.42. The van der Waals surface area contributed by atoms with E-state index >= 15 is 0 Å². The smallest absolute Gasteiger partial charge is 0.224 e. The van der Waals surface area contributed by atoms with Gasteiger partial charge in [0.05, 0.1) is 6.20 Å². The van der Waals surface area contributed by atoms with Crippen LogP contribution < -0.4 is 5.43 Å². The van der Waals surface area contributed by atoms with Crippen LogP contribution in [0, 0.1) is 5.82 Å². The molecule has 0 aliphatic carbocycles. The molecule has 0 aliphatic heterocycles. The Labute approximate surface area is 115 Å². The van der Waals surface area contributed by atoms with E-state index in [0.717, 1.165) is 12.6 Å². The number of rotatable bonds is 6. The molecule has 0 amide bonds. The Bertz CT molecular complexity index is 502. The second-order valence-corrected chi connectivity index (χ2v) is 3.78. The average molecular weight is 285 g/mol. The molecule has 0 aromatic carbocycles. The number of nitrogens with one attached hydrogen (secondary N) is 1. The van der Waals surface area contributed by atoms with Gasteiger partial charge in [-0.05, 0) is 18.0 Å². The van der Waals surface area contributed by atoms with Crippen molar-refractivity contribution >= 4 is 30.0 Å². The molecule has 1 heterocycles. The van der Waals surface area contributed by atoms with Crippen LogP contribution in [0.5, 0.6) is 0 Å². The van der Waals surface area contributed by atoms with E-state index in [1.807, 2.05) is 6.92 Å². The van der Waals surface area contributed by atoms with Crippen LogP contribution in [-0.2, 0) is 0 Å². The third-order valence-corrected chi connectivity index (χ3v) is 1.98. The maximum Gasteiger partial charge on any atom is 0.224 e. The summed E-state index contributed by atoms with van der Waals surface area (Å²) in [7, 11) is 1.62. The molecule has 19 heavy (non-hydrogen) atoms. The quantitative estimate of drug-likeness (QED) is 0.377. The lowest BCUT2D eigenvalue weighted by Gasteiger charge is -2.15. The van der Waals surface area contributed by atoms with Crippen molar-refractivity contribution in [2.45, 2.75) is 13.3 Å². The fourth-order valence-electron chi connectivity index (χ4n) is 1.00. The van der Waals surface area contributed by atoms with Gasteiger partial charge in [-0.25, -0.2) is 19.4 Å². The number of aliphatic imine (C=N–C) groups is 2. The molecule has 0 spiro atoms. The van der Waals surface area contributed by atoms with Gasteiger partial charge in [0.2, 0.25) is 5.28 Å². The normalized spacial score (nSPS) is 11.2. The Kier molecular flexibility index (Phi) is 5.87. The van der Waals surface area contributed by atoms with E-state index < -0.39 is 5.82 Å². The number of hydrazine groups is 1. The first-order chi connectivity index (χ1) is 9.02. The van der Waals surface area contributed by atoms with E-state index in [4.69, 9.17) is 11.6 Å². The summed E-state index contributed by atoms with van der Waals surface area (Å²) < 4.78 is 13.3. The Morgan fingerprint density at radius 3 is 3.05 bits per heavy atom. The van der Waals surface area contributed by atoms with Crippen molar-refractivity contribution in [3.8, 4) is 0 Å². The molecule has 1 aromatic heterocycles. The van der Waals surface area contributed by atoms with Gasteiger partial charge in [-0.1, -0.05) is 13.5 Å². The molecule has 0 unspecified atom stereocenters. The Morgan fingerprint density at radius 1 is 1.63 bits per heavy atom. The highest BCUT2D eigenvalue weighted by atomic mass is 35.5. The predicted molar refractivity (Wildman–Crippen MR) is 74.8 cm³/mol. The summed E-state index contributed by atoms with van der Waals surface area (Å²) in [6.45, 7) is 5.59. The minimum atomic E-state index is -0.618. The first kappa shape index (κ1) is 15.0. The predicted octanol–water partition coefficient (Wildman–Crippen LogP) is 2.51. The van der Waals surface area contributed by atoms with Crippen molar-refractivity contribution < 1.29 is 4.39 Å². The van der Waals surface area contributed by atoms with E-state index in [1.54, 1.807) is 13.3 Å². The van der Waals surface area contributed by atoms with Gasteiger partial charge in [-0.3, -0.25) is 10.4 Å². The topological polar surface area (TPSA) is 65.8 Å². The number of hydrogen-bond donors (Lipinski definition) is 1. The third kappa shape index (κ3) is 5.43. The van der Waals surface area contributed by atoms with Crippen molar-refractivity contribution in [1.29, 1.82) is 0 Å². The van der Waals surface area contributed by atoms with Gasteiger partial charge in [0, 0.05) is 13.3 Å². The van der Waals surface area contributed by atoms with E-state index in [9.17, 15) is 4.39 Å². The summed E-state index contributed by atoms with van der Waals surface area (Å²) in [5, 5.41) is 1.35. The number of hydrogen-bond acceptors (Lipinski definition) is 5. The van der Waals surface area contributed by atoms with Crippen molar-refractivity contribution in [2.24, 2.45) is 9.98 Å². The van der Waals surface area contributed by atoms with Crippen LogP contribution in [0.25, 0.3) is 0 Å². The molecule has 0 saturated carbocycles. The largest absolute Gasteiger partial charge is 0.278 e. The summed E-state index contributed by atoms with van der Waals surface area (Å²) in [4.78, 5) is 15.1. The van der Waals surface area contributed by atoms with Crippen LogP contribution >= 0.6 is 11.6 Å². The Morgan fingerprint density at radius 2 is 2.37 bits per heavy atom. The van der Waals surface area contributed by atoms with Gasteiger partial charge in [-0.2, -0.15) is 4.98 Å². The van der Waals surface area contributed by atoms with E-state index in [2.05, 4.69) is 32.0 Å². The van der Waals surface area contributed by atoms with Crippen LogP contribution in [0.15, 0.2) is 28.6 Å². The lowest BCUT2D eigenvalue weighted by molar-refractivity contribution is 0.577. The lowest BCUT2D eigenvalue weighted by atomic mass is 10.5. The molecule has 0 fully saturated rings. The van der Waals surface area contributed by atoms with Crippen molar-refractivity contribution in [1.82, 2.24) is 15.0 Å². The maximum atomic E-state index is 13.3. The molecule has 1 N–H and O–H groups in total. The molecule has 1 rings (SSSR count). The zero-order valence-corrected chi connectivity index (χ0v) is 11.4. The number of aromatic nitrogens is 2. The van der Waals surface area contributed by atoms with E-state index in [1.165, 1.54) is 11.3 Å². The molecular weight excluding hydrogens is 271 g/mol. The third-order valence-electron chi connectivity index (χ3n) is 1.80. The van der Waals surface area contributed by atoms with Crippen LogP contribution in [-0.4, -0.2) is 34.6 Å². The minimum absolute atomic E-state index is 0.0448. The summed E-state index contributed by atoms with van der Waals surface area (Å²) in [5.74, 6) is -0.319. The van der Waals surface area contributed by atoms with Crippen LogP contribution in [0.2, 0.25) is 5.28 Å². The minimum Gasteiger partial charge on any atom is -0.278 e. The van der Waals surface area contributed by atoms with Gasteiger partial charge < -0.3 is 0 Å². The first-order valence-electron chi connectivity index (χ1n) is 5.46. The highest BCUT2D eigenvalue weighted by Crippen LogP contribution is 2.11. The Hall–Kier alpha value is -2.02. The van der Waals surface area contributed by atoms with Crippen molar-refractivity contribution in [2.75, 3.05) is 12.5 Å². The lowest BCUT2D eigenvalue weighted by Crippen LogP contribution is -2.25. The molecule has 0 saturated heterocycles. The average Bonchev–Trinajstić information content (AvgIpc) is 2.38. The zero-order valence-electron chi connectivity index (χ0n) is 10.6. The number of anilines is 1. The fourth-order valence-corrected chi connectivity index (χ4v) is 1.14. The SMILES string of the molecule is C=C(/N=C\CC)/N=C\N(C)Nc1nc(Cl)ncc1F. The Balaban J connectivity index is 2.62. The monoisotopic (exact) mass is 284 g/mol. The summed E-state index contributed by atoms with van der Waals surface area (Å²) in [6.07, 6.45) is 4.86. The second-order valence-electron chi connectivity index (χ2n) is 3.44. The zero-order chi connectivity index (χ0) is 14.3. The number of nitrogens with zero attached hydrogens (tertiary/aromatic N) is 5. The highest BCUT2D eigenvalue weighted by molar-refractivity contribution is 6.28. The maximum absolute atomic E-state index is 13.3. The fraction of sp³-hybridized carbons (Fsp3) is 0.273. The summed E-state index contributed by atoms with van der Waals surface area (Å²) >= 11 is 5.57. The number of halogens is 2. The highest BCUT2D eigenvalue weighted by Gasteiger charge is 2.06. The van der Waals surface area contributed by atoms with E-state index in [0.29, 0.717) is 5.82 Å². The molecule has 0 aliphatic rings. The molecule has 0 bridgehead atoms. The van der Waals surface area contributed by atoms with Crippen molar-refractivity contribution in [3.05, 3.63) is 29.7 Å². The molecule has 8 heteroatoms. The molecule has 6 nitrogen and oxygen atoms in total. The first-order valence-corrected chi connectivity index (χ1v) is 5.84. The van der Waals surface area contributed by atoms with Crippen LogP contribution in [0.4, 0.5) is 10.2 Å².